The number of thioether (sulfide) groups is 1. The second kappa shape index (κ2) is 7.97. The van der Waals surface area contributed by atoms with E-state index in [2.05, 4.69) is 31.2 Å². The van der Waals surface area contributed by atoms with Crippen molar-refractivity contribution in [3.63, 3.8) is 0 Å². The second-order valence-corrected chi connectivity index (χ2v) is 7.64. The van der Waals surface area contributed by atoms with E-state index >= 15 is 0 Å². The van der Waals surface area contributed by atoms with Gasteiger partial charge in [-0.2, -0.15) is 22.5 Å². The third kappa shape index (κ3) is 6.57. The summed E-state index contributed by atoms with van der Waals surface area (Å²) in [4.78, 5) is 16.0. The molecule has 5 nitrogen and oxygen atoms in total. The highest BCUT2D eigenvalue weighted by atomic mass is 32.2. The Balaban J connectivity index is 1.91. The first-order valence-corrected chi connectivity index (χ1v) is 8.90. The SMILES string of the molecule is CC(C)(C)C#CSc1nsc(NC(=O)Nc2ccc(C(F)(F)F)cc2)n1. The number of halogens is 3. The topological polar surface area (TPSA) is 66.9 Å². The van der Waals surface area contributed by atoms with Crippen LogP contribution in [-0.2, 0) is 6.18 Å². The Kier molecular flexibility index (Phi) is 6.15. The molecule has 1 heterocycles. The van der Waals surface area contributed by atoms with E-state index in [4.69, 9.17) is 0 Å². The smallest absolute Gasteiger partial charge is 0.308 e. The second-order valence-electron chi connectivity index (χ2n) is 6.12. The fraction of sp³-hybridized carbons (Fsp3) is 0.312. The molecule has 0 radical (unpaired) electrons. The molecule has 0 spiro atoms. The van der Waals surface area contributed by atoms with Gasteiger partial charge in [-0.3, -0.25) is 5.32 Å². The number of nitrogens with zero attached hydrogens (tertiary/aromatic N) is 2. The highest BCUT2D eigenvalue weighted by molar-refractivity contribution is 8.03. The van der Waals surface area contributed by atoms with Gasteiger partial charge in [-0.15, -0.1) is 0 Å². The molecule has 2 N–H and O–H groups in total. The van der Waals surface area contributed by atoms with Crippen molar-refractivity contribution in [1.82, 2.24) is 9.36 Å². The van der Waals surface area contributed by atoms with Gasteiger partial charge in [0.15, 0.2) is 0 Å². The average Bonchev–Trinajstić information content (AvgIpc) is 2.92. The molecular weight excluding hydrogens is 385 g/mol. The molecule has 1 aromatic heterocycles. The van der Waals surface area contributed by atoms with Crippen LogP contribution in [0.5, 0.6) is 0 Å². The number of urea groups is 1. The molecule has 138 valence electrons. The van der Waals surface area contributed by atoms with Gasteiger partial charge in [0.25, 0.3) is 0 Å². The number of rotatable bonds is 3. The standard InChI is InChI=1S/C16H15F3N4OS2/c1-15(2,3)8-9-25-14-22-13(26-23-14)21-12(24)20-11-6-4-10(5-7-11)16(17,18)19/h4-7H,1-3H3,(H2,20,21,22,23,24). The fourth-order valence-electron chi connectivity index (χ4n) is 1.53. The van der Waals surface area contributed by atoms with Gasteiger partial charge in [-0.1, -0.05) is 5.92 Å². The number of carbonyl (C=O) groups is 1. The summed E-state index contributed by atoms with van der Waals surface area (Å²) in [6, 6.07) is 3.50. The van der Waals surface area contributed by atoms with Crippen LogP contribution < -0.4 is 10.6 Å². The van der Waals surface area contributed by atoms with Crippen molar-refractivity contribution in [1.29, 1.82) is 0 Å². The molecule has 2 aromatic rings. The van der Waals surface area contributed by atoms with Crippen LogP contribution in [-0.4, -0.2) is 15.4 Å². The highest BCUT2D eigenvalue weighted by Crippen LogP contribution is 2.29. The van der Waals surface area contributed by atoms with Gasteiger partial charge in [0, 0.05) is 34.4 Å². The summed E-state index contributed by atoms with van der Waals surface area (Å²) < 4.78 is 41.6. The van der Waals surface area contributed by atoms with Gasteiger partial charge < -0.3 is 5.32 Å². The molecule has 0 saturated heterocycles. The number of carbonyl (C=O) groups excluding carboxylic acids is 1. The van der Waals surface area contributed by atoms with Crippen LogP contribution in [0.1, 0.15) is 26.3 Å². The Labute approximate surface area is 157 Å². The van der Waals surface area contributed by atoms with E-state index in [0.717, 1.165) is 35.4 Å². The summed E-state index contributed by atoms with van der Waals surface area (Å²) in [6.07, 6.45) is -4.42. The number of alkyl halides is 3. The van der Waals surface area contributed by atoms with Crippen LogP contribution in [0.15, 0.2) is 29.4 Å². The van der Waals surface area contributed by atoms with Crippen LogP contribution in [0, 0.1) is 16.6 Å². The number of amides is 2. The largest absolute Gasteiger partial charge is 0.416 e. The summed E-state index contributed by atoms with van der Waals surface area (Å²) >= 11 is 2.13. The van der Waals surface area contributed by atoms with Crippen molar-refractivity contribution in [2.75, 3.05) is 10.6 Å². The molecule has 0 saturated carbocycles. The lowest BCUT2D eigenvalue weighted by molar-refractivity contribution is -0.137. The average molecular weight is 400 g/mol. The minimum absolute atomic E-state index is 0.133. The van der Waals surface area contributed by atoms with Gasteiger partial charge in [-0.25, -0.2) is 4.79 Å². The Morgan fingerprint density at radius 3 is 2.38 bits per heavy atom. The third-order valence-corrected chi connectivity index (χ3v) is 3.98. The normalized spacial score (nSPS) is 11.5. The predicted octanol–water partition coefficient (Wildman–Crippen LogP) is 5.30. The van der Waals surface area contributed by atoms with E-state index < -0.39 is 17.8 Å². The van der Waals surface area contributed by atoms with Crippen LogP contribution in [0.3, 0.4) is 0 Å². The van der Waals surface area contributed by atoms with E-state index in [1.807, 2.05) is 20.8 Å². The summed E-state index contributed by atoms with van der Waals surface area (Å²) in [5, 5.41) is 8.47. The van der Waals surface area contributed by atoms with E-state index in [1.165, 1.54) is 12.1 Å². The van der Waals surface area contributed by atoms with Crippen molar-refractivity contribution in [3.8, 4) is 11.2 Å². The Bertz CT molecular complexity index is 830. The molecule has 0 aliphatic carbocycles. The molecular formula is C16H15F3N4OS2. The first kappa shape index (κ1) is 20.1. The molecule has 0 aliphatic heterocycles. The molecule has 1 aromatic carbocycles. The summed E-state index contributed by atoms with van der Waals surface area (Å²) in [6.45, 7) is 5.94. The minimum Gasteiger partial charge on any atom is -0.308 e. The van der Waals surface area contributed by atoms with Crippen molar-refractivity contribution in [3.05, 3.63) is 29.8 Å². The number of hydrogen-bond donors (Lipinski definition) is 2. The van der Waals surface area contributed by atoms with E-state index in [1.54, 1.807) is 0 Å². The third-order valence-electron chi connectivity index (χ3n) is 2.67. The van der Waals surface area contributed by atoms with E-state index in [-0.39, 0.29) is 16.2 Å². The molecule has 10 heteroatoms. The summed E-state index contributed by atoms with van der Waals surface area (Å²) in [7, 11) is 0. The zero-order chi connectivity index (χ0) is 19.4. The zero-order valence-corrected chi connectivity index (χ0v) is 15.7. The number of nitrogens with one attached hydrogen (secondary N) is 2. The van der Waals surface area contributed by atoms with Crippen LogP contribution in [0.2, 0.25) is 0 Å². The fourth-order valence-corrected chi connectivity index (χ4v) is 2.90. The summed E-state index contributed by atoms with van der Waals surface area (Å²) in [5.74, 6) is 3.03. The highest BCUT2D eigenvalue weighted by Gasteiger charge is 2.30. The van der Waals surface area contributed by atoms with Gasteiger partial charge in [0.05, 0.1) is 5.56 Å². The molecule has 2 rings (SSSR count). The van der Waals surface area contributed by atoms with Crippen LogP contribution in [0.4, 0.5) is 28.8 Å². The van der Waals surface area contributed by atoms with Gasteiger partial charge in [0.1, 0.15) is 0 Å². The number of anilines is 2. The minimum atomic E-state index is -4.42. The lowest BCUT2D eigenvalue weighted by Crippen LogP contribution is -2.19. The molecule has 2 amide bonds. The van der Waals surface area contributed by atoms with Crippen molar-refractivity contribution < 1.29 is 18.0 Å². The number of aromatic nitrogens is 2. The Hall–Kier alpha value is -2.25. The first-order valence-electron chi connectivity index (χ1n) is 7.31. The first-order chi connectivity index (χ1) is 12.0. The van der Waals surface area contributed by atoms with Crippen LogP contribution >= 0.6 is 23.3 Å². The van der Waals surface area contributed by atoms with Crippen molar-refractivity contribution in [2.45, 2.75) is 32.1 Å². The zero-order valence-electron chi connectivity index (χ0n) is 14.1. The summed E-state index contributed by atoms with van der Waals surface area (Å²) in [5.41, 5.74) is -0.692. The quantitative estimate of drug-likeness (QED) is 0.542. The monoisotopic (exact) mass is 400 g/mol. The molecule has 26 heavy (non-hydrogen) atoms. The van der Waals surface area contributed by atoms with Gasteiger partial charge >= 0.3 is 12.2 Å². The molecule has 0 fully saturated rings. The number of benzene rings is 1. The van der Waals surface area contributed by atoms with E-state index in [0.29, 0.717) is 5.16 Å². The van der Waals surface area contributed by atoms with Crippen molar-refractivity contribution in [2.24, 2.45) is 5.41 Å². The molecule has 0 aliphatic rings. The lowest BCUT2D eigenvalue weighted by Gasteiger charge is -2.08. The van der Waals surface area contributed by atoms with Gasteiger partial charge in [-0.05, 0) is 50.3 Å². The number of hydrogen-bond acceptors (Lipinski definition) is 5. The Morgan fingerprint density at radius 1 is 1.15 bits per heavy atom. The van der Waals surface area contributed by atoms with E-state index in [9.17, 15) is 18.0 Å². The molecule has 0 unspecified atom stereocenters. The molecule has 0 bridgehead atoms. The maximum absolute atomic E-state index is 12.5. The maximum Gasteiger partial charge on any atom is 0.416 e. The molecule has 0 atom stereocenters. The maximum atomic E-state index is 12.5. The van der Waals surface area contributed by atoms with Gasteiger partial charge in [0.2, 0.25) is 10.3 Å². The Morgan fingerprint density at radius 2 is 1.81 bits per heavy atom. The lowest BCUT2D eigenvalue weighted by atomic mass is 9.99. The predicted molar refractivity (Wildman–Crippen MR) is 97.1 cm³/mol. The van der Waals surface area contributed by atoms with Crippen LogP contribution in [0.25, 0.3) is 0 Å². The van der Waals surface area contributed by atoms with Crippen molar-refractivity contribution >= 4 is 40.1 Å².